The number of nitrogens with one attached hydrogen (secondary N) is 2. The number of tetrazole rings is 1. The number of anilines is 1. The lowest BCUT2D eigenvalue weighted by Crippen LogP contribution is -2.63. The molecule has 33 heavy (non-hydrogen) atoms. The first-order valence-electron chi connectivity index (χ1n) is 10.2. The zero-order valence-electron chi connectivity index (χ0n) is 18.9. The maximum Gasteiger partial charge on any atom is 0.245 e. The molecular formula is C22H32Cl3N7O. The first kappa shape index (κ1) is 29.1. The summed E-state index contributed by atoms with van der Waals surface area (Å²) in [5.74, 6) is 0.744. The van der Waals surface area contributed by atoms with Gasteiger partial charge in [0.15, 0.2) is 5.72 Å². The largest absolute Gasteiger partial charge is 0.358 e. The van der Waals surface area contributed by atoms with E-state index in [-0.39, 0.29) is 49.3 Å². The second-order valence-electron chi connectivity index (χ2n) is 7.81. The lowest BCUT2D eigenvalue weighted by Gasteiger charge is -2.47. The zero-order chi connectivity index (χ0) is 21.0. The summed E-state index contributed by atoms with van der Waals surface area (Å²) in [6.07, 6.45) is 0.814. The fourth-order valence-electron chi connectivity index (χ4n) is 4.21. The molecular weight excluding hydrogens is 485 g/mol. The highest BCUT2D eigenvalue weighted by Gasteiger charge is 2.46. The minimum absolute atomic E-state index is 0. The number of ether oxygens (including phenoxy) is 1. The highest BCUT2D eigenvalue weighted by atomic mass is 35.5. The number of rotatable bonds is 7. The molecule has 2 N–H and O–H groups in total. The van der Waals surface area contributed by atoms with Crippen LogP contribution < -0.4 is 15.5 Å². The molecule has 182 valence electrons. The van der Waals surface area contributed by atoms with Crippen LogP contribution in [0.4, 0.5) is 5.95 Å². The van der Waals surface area contributed by atoms with Gasteiger partial charge in [-0.1, -0.05) is 65.8 Å². The fourth-order valence-corrected chi connectivity index (χ4v) is 4.21. The van der Waals surface area contributed by atoms with Crippen molar-refractivity contribution < 1.29 is 4.74 Å². The summed E-state index contributed by atoms with van der Waals surface area (Å²) < 4.78 is 8.06. The third-order valence-electron chi connectivity index (χ3n) is 5.74. The van der Waals surface area contributed by atoms with Crippen LogP contribution in [0.1, 0.15) is 23.6 Å². The van der Waals surface area contributed by atoms with Gasteiger partial charge in [-0.15, -0.1) is 37.2 Å². The van der Waals surface area contributed by atoms with Gasteiger partial charge in [0.25, 0.3) is 0 Å². The number of hydrogen-bond donors (Lipinski definition) is 2. The highest BCUT2D eigenvalue weighted by Crippen LogP contribution is 2.36. The molecule has 1 aliphatic rings. The maximum absolute atomic E-state index is 6.16. The monoisotopic (exact) mass is 515 g/mol. The quantitative estimate of drug-likeness (QED) is 0.499. The van der Waals surface area contributed by atoms with Crippen LogP contribution in [0.5, 0.6) is 0 Å². The second kappa shape index (κ2) is 13.1. The Morgan fingerprint density at radius 1 is 1.06 bits per heavy atom. The van der Waals surface area contributed by atoms with Gasteiger partial charge in [0.1, 0.15) is 0 Å². The van der Waals surface area contributed by atoms with E-state index in [4.69, 9.17) is 4.74 Å². The van der Waals surface area contributed by atoms with Gasteiger partial charge in [0.05, 0.1) is 12.1 Å². The number of benzene rings is 2. The van der Waals surface area contributed by atoms with Gasteiger partial charge in [-0.2, -0.15) is 0 Å². The topological polar surface area (TPSA) is 80.1 Å². The summed E-state index contributed by atoms with van der Waals surface area (Å²) >= 11 is 0. The smallest absolute Gasteiger partial charge is 0.245 e. The third kappa shape index (κ3) is 6.15. The van der Waals surface area contributed by atoms with Gasteiger partial charge >= 0.3 is 0 Å². The van der Waals surface area contributed by atoms with Crippen LogP contribution in [0.2, 0.25) is 0 Å². The Morgan fingerprint density at radius 3 is 2.30 bits per heavy atom. The molecule has 1 aromatic heterocycles. The van der Waals surface area contributed by atoms with E-state index in [1.165, 1.54) is 5.56 Å². The number of halogens is 3. The average Bonchev–Trinajstić information content (AvgIpc) is 3.29. The van der Waals surface area contributed by atoms with Crippen LogP contribution >= 0.6 is 37.2 Å². The zero-order valence-corrected chi connectivity index (χ0v) is 21.4. The molecule has 0 amide bonds. The summed E-state index contributed by atoms with van der Waals surface area (Å²) in [6, 6.07) is 20.8. The van der Waals surface area contributed by atoms with Crippen molar-refractivity contribution in [2.45, 2.75) is 30.8 Å². The van der Waals surface area contributed by atoms with Crippen molar-refractivity contribution in [2.24, 2.45) is 0 Å². The fraction of sp³-hybridized carbons (Fsp3) is 0.409. The van der Waals surface area contributed by atoms with Crippen LogP contribution in [0.25, 0.3) is 0 Å². The Morgan fingerprint density at radius 2 is 1.70 bits per heavy atom. The normalized spacial score (nSPS) is 21.8. The van der Waals surface area contributed by atoms with Gasteiger partial charge in [-0.05, 0) is 22.4 Å². The van der Waals surface area contributed by atoms with Gasteiger partial charge in [0.2, 0.25) is 5.95 Å². The van der Waals surface area contributed by atoms with Crippen LogP contribution in [0, 0.1) is 0 Å². The molecule has 0 aliphatic carbocycles. The van der Waals surface area contributed by atoms with Crippen LogP contribution in [0.15, 0.2) is 60.7 Å². The van der Waals surface area contributed by atoms with Gasteiger partial charge in [-0.25, -0.2) is 4.68 Å². The van der Waals surface area contributed by atoms with Crippen molar-refractivity contribution >= 4 is 43.2 Å². The Hall–Kier alpha value is -1.94. The predicted molar refractivity (Wildman–Crippen MR) is 138 cm³/mol. The molecule has 0 saturated carbocycles. The number of hydrogen-bond acceptors (Lipinski definition) is 7. The molecule has 4 rings (SSSR count). The molecule has 2 heterocycles. The second-order valence-corrected chi connectivity index (χ2v) is 7.81. The SMILES string of the molecule is CO[C@]1(c2ccccc2)NCC(n2nnnc2N(C)C)C[C@@H]1NCc1ccccc1.Cl.Cl.Cl. The van der Waals surface area contributed by atoms with Gasteiger partial charge in [-0.3, -0.25) is 5.32 Å². The number of piperidine rings is 1. The molecule has 1 aliphatic heterocycles. The molecule has 0 radical (unpaired) electrons. The van der Waals surface area contributed by atoms with Crippen LogP contribution in [-0.4, -0.2) is 54.0 Å². The lowest BCUT2D eigenvalue weighted by molar-refractivity contribution is -0.0987. The minimum Gasteiger partial charge on any atom is -0.358 e. The summed E-state index contributed by atoms with van der Waals surface area (Å²) in [6.45, 7) is 1.44. The molecule has 0 bridgehead atoms. The first-order chi connectivity index (χ1) is 14.6. The summed E-state index contributed by atoms with van der Waals surface area (Å²) in [7, 11) is 5.67. The standard InChI is InChI=1S/C22H29N7O.3ClH/c1-28(2)21-25-26-27-29(21)19-14-20(23-15-17-10-6-4-7-11-17)22(30-3,24-16-19)18-12-8-5-9-13-18;;;/h4-13,19-20,23-24H,14-16H2,1-3H3;3*1H/t19?,20-,22-;;;/m0.../s1. The molecule has 3 atom stereocenters. The molecule has 1 unspecified atom stereocenters. The van der Waals surface area contributed by atoms with E-state index in [1.54, 1.807) is 7.11 Å². The molecule has 11 heteroatoms. The van der Waals surface area contributed by atoms with E-state index in [9.17, 15) is 0 Å². The van der Waals surface area contributed by atoms with E-state index in [2.05, 4.69) is 62.6 Å². The number of methoxy groups -OCH3 is 1. The Kier molecular flexibility index (Phi) is 11.5. The van der Waals surface area contributed by atoms with Gasteiger partial charge < -0.3 is 15.0 Å². The minimum atomic E-state index is -0.640. The summed E-state index contributed by atoms with van der Waals surface area (Å²) in [5, 5.41) is 19.7. The van der Waals surface area contributed by atoms with Crippen molar-refractivity contribution in [1.82, 2.24) is 30.8 Å². The molecule has 2 aromatic carbocycles. The number of aromatic nitrogens is 4. The summed E-state index contributed by atoms with van der Waals surface area (Å²) in [5.41, 5.74) is 1.69. The van der Waals surface area contributed by atoms with Gasteiger partial charge in [0, 0.05) is 39.9 Å². The molecule has 8 nitrogen and oxygen atoms in total. The highest BCUT2D eigenvalue weighted by molar-refractivity contribution is 5.86. The van der Waals surface area contributed by atoms with Crippen molar-refractivity contribution in [3.63, 3.8) is 0 Å². The Bertz CT molecular complexity index is 945. The van der Waals surface area contributed by atoms with Crippen molar-refractivity contribution in [2.75, 3.05) is 32.6 Å². The third-order valence-corrected chi connectivity index (χ3v) is 5.74. The molecule has 3 aromatic rings. The molecule has 1 saturated heterocycles. The molecule has 1 fully saturated rings. The van der Waals surface area contributed by atoms with E-state index in [1.807, 2.05) is 47.9 Å². The maximum atomic E-state index is 6.16. The Labute approximate surface area is 213 Å². The van der Waals surface area contributed by atoms with E-state index < -0.39 is 5.72 Å². The van der Waals surface area contributed by atoms with Crippen LogP contribution in [0.3, 0.4) is 0 Å². The van der Waals surface area contributed by atoms with Crippen molar-refractivity contribution in [1.29, 1.82) is 0 Å². The Balaban J connectivity index is 0.00000181. The molecule has 0 spiro atoms. The predicted octanol–water partition coefficient (Wildman–Crippen LogP) is 3.20. The van der Waals surface area contributed by atoms with E-state index >= 15 is 0 Å². The average molecular weight is 517 g/mol. The van der Waals surface area contributed by atoms with Crippen LogP contribution in [-0.2, 0) is 17.0 Å². The van der Waals surface area contributed by atoms with E-state index in [0.717, 1.165) is 24.5 Å². The van der Waals surface area contributed by atoms with Crippen molar-refractivity contribution in [3.8, 4) is 0 Å². The van der Waals surface area contributed by atoms with E-state index in [0.29, 0.717) is 6.54 Å². The van der Waals surface area contributed by atoms with Crippen molar-refractivity contribution in [3.05, 3.63) is 71.8 Å². The summed E-state index contributed by atoms with van der Waals surface area (Å²) in [4.78, 5) is 1.93. The lowest BCUT2D eigenvalue weighted by atomic mass is 9.85. The number of nitrogens with zero attached hydrogens (tertiary/aromatic N) is 5. The first-order valence-corrected chi connectivity index (χ1v) is 10.2.